The molecule has 0 aliphatic heterocycles. The van der Waals surface area contributed by atoms with Gasteiger partial charge in [0.25, 0.3) is 11.8 Å². The van der Waals surface area contributed by atoms with Gasteiger partial charge in [-0.2, -0.15) is 0 Å². The van der Waals surface area contributed by atoms with Crippen molar-refractivity contribution in [1.29, 1.82) is 0 Å². The molecule has 0 spiro atoms. The maximum atomic E-state index is 13.8. The second-order valence-electron chi connectivity index (χ2n) is 6.84. The number of anilines is 1. The number of nitrogens with one attached hydrogen (secondary N) is 2. The Balaban J connectivity index is 1.46. The van der Waals surface area contributed by atoms with E-state index in [1.54, 1.807) is 30.3 Å². The van der Waals surface area contributed by atoms with Crippen LogP contribution in [0.1, 0.15) is 26.3 Å². The Hall–Kier alpha value is -3.99. The summed E-state index contributed by atoms with van der Waals surface area (Å²) in [6, 6.07) is 26.3. The molecule has 0 bridgehead atoms. The molecule has 30 heavy (non-hydrogen) atoms. The lowest BCUT2D eigenvalue weighted by Gasteiger charge is -2.10. The van der Waals surface area contributed by atoms with Gasteiger partial charge in [-0.3, -0.25) is 9.59 Å². The van der Waals surface area contributed by atoms with Gasteiger partial charge in [-0.15, -0.1) is 0 Å². The summed E-state index contributed by atoms with van der Waals surface area (Å²) in [4.78, 5) is 24.9. The zero-order chi connectivity index (χ0) is 20.9. The van der Waals surface area contributed by atoms with E-state index < -0.39 is 11.7 Å². The summed E-state index contributed by atoms with van der Waals surface area (Å²) in [6.07, 6.45) is 0. The molecular formula is C25H19FN2O2. The molecule has 5 heteroatoms. The van der Waals surface area contributed by atoms with Crippen molar-refractivity contribution in [2.24, 2.45) is 0 Å². The Morgan fingerprint density at radius 3 is 2.37 bits per heavy atom. The van der Waals surface area contributed by atoms with Crippen molar-refractivity contribution >= 4 is 28.3 Å². The van der Waals surface area contributed by atoms with Crippen molar-refractivity contribution in [2.45, 2.75) is 6.54 Å². The number of hydrogen-bond acceptors (Lipinski definition) is 2. The van der Waals surface area contributed by atoms with Crippen LogP contribution in [-0.4, -0.2) is 11.8 Å². The number of rotatable bonds is 5. The number of benzene rings is 4. The number of amides is 2. The molecule has 4 aromatic carbocycles. The Morgan fingerprint density at radius 2 is 1.50 bits per heavy atom. The minimum Gasteiger partial charge on any atom is -0.348 e. The third-order valence-electron chi connectivity index (χ3n) is 4.82. The van der Waals surface area contributed by atoms with Crippen molar-refractivity contribution < 1.29 is 14.0 Å². The summed E-state index contributed by atoms with van der Waals surface area (Å²) in [6.45, 7) is 0.381. The molecule has 0 unspecified atom stereocenters. The summed E-state index contributed by atoms with van der Waals surface area (Å²) < 4.78 is 13.8. The van der Waals surface area contributed by atoms with E-state index in [1.807, 2.05) is 42.5 Å². The quantitative estimate of drug-likeness (QED) is 0.488. The monoisotopic (exact) mass is 398 g/mol. The van der Waals surface area contributed by atoms with Crippen molar-refractivity contribution in [3.05, 3.63) is 114 Å². The minimum atomic E-state index is -0.598. The van der Waals surface area contributed by atoms with Gasteiger partial charge >= 0.3 is 0 Å². The lowest BCUT2D eigenvalue weighted by molar-refractivity contribution is 0.0949. The molecule has 0 saturated carbocycles. The van der Waals surface area contributed by atoms with Gasteiger partial charge < -0.3 is 10.6 Å². The Morgan fingerprint density at radius 1 is 0.767 bits per heavy atom. The molecule has 0 fully saturated rings. The molecular weight excluding hydrogens is 379 g/mol. The van der Waals surface area contributed by atoms with Gasteiger partial charge in [0.2, 0.25) is 0 Å². The van der Waals surface area contributed by atoms with Crippen LogP contribution in [0.15, 0.2) is 91.0 Å². The molecule has 0 aliphatic rings. The summed E-state index contributed by atoms with van der Waals surface area (Å²) in [5.74, 6) is -1.43. The van der Waals surface area contributed by atoms with E-state index in [9.17, 15) is 14.0 Å². The lowest BCUT2D eigenvalue weighted by atomic mass is 10.0. The highest BCUT2D eigenvalue weighted by atomic mass is 19.1. The first-order chi connectivity index (χ1) is 14.6. The summed E-state index contributed by atoms with van der Waals surface area (Å²) in [5.41, 5.74) is 1.79. The van der Waals surface area contributed by atoms with Gasteiger partial charge in [0.15, 0.2) is 0 Å². The molecule has 4 aromatic rings. The molecule has 0 saturated heterocycles. The van der Waals surface area contributed by atoms with E-state index in [0.717, 1.165) is 16.3 Å². The first-order valence-corrected chi connectivity index (χ1v) is 9.52. The summed E-state index contributed by atoms with van der Waals surface area (Å²) >= 11 is 0. The number of fused-ring (bicyclic) bond motifs is 1. The van der Waals surface area contributed by atoms with Crippen LogP contribution < -0.4 is 10.6 Å². The molecule has 4 rings (SSSR count). The highest BCUT2D eigenvalue weighted by Crippen LogP contribution is 2.19. The average molecular weight is 398 g/mol. The third-order valence-corrected chi connectivity index (χ3v) is 4.82. The Kier molecular flexibility index (Phi) is 5.52. The summed E-state index contributed by atoms with van der Waals surface area (Å²) in [7, 11) is 0. The topological polar surface area (TPSA) is 58.2 Å². The average Bonchev–Trinajstić information content (AvgIpc) is 2.78. The molecule has 0 aromatic heterocycles. The minimum absolute atomic E-state index is 0.0525. The van der Waals surface area contributed by atoms with E-state index in [2.05, 4.69) is 10.6 Å². The van der Waals surface area contributed by atoms with Gasteiger partial charge in [-0.1, -0.05) is 60.7 Å². The molecule has 0 atom stereocenters. The molecule has 4 nitrogen and oxygen atoms in total. The molecule has 148 valence electrons. The number of hydrogen-bond donors (Lipinski definition) is 2. The van der Waals surface area contributed by atoms with Gasteiger partial charge in [-0.05, 0) is 46.7 Å². The molecule has 2 amide bonds. The zero-order valence-corrected chi connectivity index (χ0v) is 16.1. The van der Waals surface area contributed by atoms with Crippen LogP contribution in [0.4, 0.5) is 10.1 Å². The van der Waals surface area contributed by atoms with Gasteiger partial charge in [0, 0.05) is 17.8 Å². The van der Waals surface area contributed by atoms with Crippen LogP contribution in [0.25, 0.3) is 10.8 Å². The van der Waals surface area contributed by atoms with E-state index >= 15 is 0 Å². The maximum absolute atomic E-state index is 13.8. The van der Waals surface area contributed by atoms with Crippen molar-refractivity contribution in [3.8, 4) is 0 Å². The van der Waals surface area contributed by atoms with E-state index in [0.29, 0.717) is 17.8 Å². The fraction of sp³-hybridized carbons (Fsp3) is 0.0400. The van der Waals surface area contributed by atoms with Gasteiger partial charge in [0.1, 0.15) is 5.82 Å². The van der Waals surface area contributed by atoms with Crippen molar-refractivity contribution in [2.75, 3.05) is 5.32 Å². The maximum Gasteiger partial charge on any atom is 0.258 e. The van der Waals surface area contributed by atoms with Crippen molar-refractivity contribution in [3.63, 3.8) is 0 Å². The first-order valence-electron chi connectivity index (χ1n) is 9.52. The van der Waals surface area contributed by atoms with E-state index in [4.69, 9.17) is 0 Å². The largest absolute Gasteiger partial charge is 0.348 e. The molecule has 0 heterocycles. The van der Waals surface area contributed by atoms with Crippen molar-refractivity contribution in [1.82, 2.24) is 5.32 Å². The third kappa shape index (κ3) is 4.20. The van der Waals surface area contributed by atoms with Crippen LogP contribution in [-0.2, 0) is 6.54 Å². The van der Waals surface area contributed by atoms with Crippen LogP contribution in [0, 0.1) is 5.82 Å². The number of halogens is 1. The second-order valence-corrected chi connectivity index (χ2v) is 6.84. The lowest BCUT2D eigenvalue weighted by Crippen LogP contribution is -2.23. The number of carbonyl (C=O) groups is 2. The van der Waals surface area contributed by atoms with Crippen LogP contribution in [0.5, 0.6) is 0 Å². The number of carbonyl (C=O) groups excluding carboxylic acids is 2. The Bertz CT molecular complexity index is 1230. The Labute approximate surface area is 173 Å². The fourth-order valence-corrected chi connectivity index (χ4v) is 3.31. The molecule has 0 aliphatic carbocycles. The normalized spacial score (nSPS) is 10.6. The van der Waals surface area contributed by atoms with Crippen LogP contribution >= 0.6 is 0 Å². The zero-order valence-electron chi connectivity index (χ0n) is 16.1. The first kappa shape index (κ1) is 19.3. The fourth-order valence-electron chi connectivity index (χ4n) is 3.31. The smallest absolute Gasteiger partial charge is 0.258 e. The van der Waals surface area contributed by atoms with Gasteiger partial charge in [0.05, 0.1) is 5.56 Å². The predicted octanol–water partition coefficient (Wildman–Crippen LogP) is 5.16. The van der Waals surface area contributed by atoms with Crippen LogP contribution in [0.2, 0.25) is 0 Å². The van der Waals surface area contributed by atoms with Gasteiger partial charge in [-0.25, -0.2) is 4.39 Å². The molecule has 2 N–H and O–H groups in total. The molecule has 0 radical (unpaired) electrons. The highest BCUT2D eigenvalue weighted by Gasteiger charge is 2.12. The standard InChI is InChI=1S/C25H19FN2O2/c26-23-14-4-3-13-22(23)25(30)28-20-11-6-9-18(15-20)24(29)27-16-19-10-5-8-17-7-1-2-12-21(17)19/h1-15H,16H2,(H,27,29)(H,28,30). The summed E-state index contributed by atoms with van der Waals surface area (Å²) in [5, 5.41) is 7.75. The van der Waals surface area contributed by atoms with E-state index in [-0.39, 0.29) is 11.5 Å². The van der Waals surface area contributed by atoms with Crippen LogP contribution in [0.3, 0.4) is 0 Å². The highest BCUT2D eigenvalue weighted by molar-refractivity contribution is 6.05. The van der Waals surface area contributed by atoms with E-state index in [1.165, 1.54) is 18.2 Å². The second kappa shape index (κ2) is 8.57. The SMILES string of the molecule is O=C(NCc1cccc2ccccc12)c1cccc(NC(=O)c2ccccc2F)c1. The predicted molar refractivity (Wildman–Crippen MR) is 116 cm³/mol.